The number of nitrogens with one attached hydrogen (secondary N) is 1. The van der Waals surface area contributed by atoms with Gasteiger partial charge in [0.15, 0.2) is 0 Å². The van der Waals surface area contributed by atoms with Gasteiger partial charge in [-0.2, -0.15) is 0 Å². The van der Waals surface area contributed by atoms with Crippen molar-refractivity contribution >= 4 is 21.1 Å². The summed E-state index contributed by atoms with van der Waals surface area (Å²) < 4.78 is 34.9. The van der Waals surface area contributed by atoms with Gasteiger partial charge in [-0.25, -0.2) is 18.1 Å². The highest BCUT2D eigenvalue weighted by Gasteiger charge is 2.19. The fraction of sp³-hybridized carbons (Fsp3) is 0.278. The molecule has 0 radical (unpaired) electrons. The number of fused-ring (bicyclic) bond motifs is 1. The van der Waals surface area contributed by atoms with Gasteiger partial charge in [-0.3, -0.25) is 0 Å². The molecule has 6 nitrogen and oxygen atoms in total. The zero-order chi connectivity index (χ0) is 17.9. The van der Waals surface area contributed by atoms with E-state index >= 15 is 0 Å². The van der Waals surface area contributed by atoms with E-state index in [9.17, 15) is 8.42 Å². The third-order valence-electron chi connectivity index (χ3n) is 4.00. The third-order valence-corrected chi connectivity index (χ3v) is 5.49. The molecule has 0 aliphatic carbocycles. The highest BCUT2D eigenvalue weighted by molar-refractivity contribution is 7.89. The van der Waals surface area contributed by atoms with Crippen LogP contribution in [0.2, 0.25) is 0 Å². The van der Waals surface area contributed by atoms with Crippen molar-refractivity contribution in [2.75, 3.05) is 13.7 Å². The molecule has 2 aromatic carbocycles. The Hall–Kier alpha value is -2.38. The Balaban J connectivity index is 1.64. The van der Waals surface area contributed by atoms with Crippen LogP contribution in [-0.4, -0.2) is 31.6 Å². The number of methoxy groups -OCH3 is 1. The molecule has 1 heterocycles. The Bertz CT molecular complexity index is 980. The van der Waals surface area contributed by atoms with Gasteiger partial charge >= 0.3 is 0 Å². The number of sulfonamides is 1. The van der Waals surface area contributed by atoms with Crippen molar-refractivity contribution in [3.05, 3.63) is 54.4 Å². The van der Waals surface area contributed by atoms with Crippen LogP contribution in [0.4, 0.5) is 0 Å². The van der Waals surface area contributed by atoms with Gasteiger partial charge in [-0.05, 0) is 43.2 Å². The van der Waals surface area contributed by atoms with Crippen LogP contribution in [-0.2, 0) is 16.6 Å². The molecule has 3 rings (SSSR count). The van der Waals surface area contributed by atoms with Crippen molar-refractivity contribution in [1.29, 1.82) is 0 Å². The fourth-order valence-corrected chi connectivity index (χ4v) is 4.04. The van der Waals surface area contributed by atoms with Gasteiger partial charge in [0, 0.05) is 13.1 Å². The molecule has 3 aromatic rings. The molecule has 0 atom stereocenters. The first kappa shape index (κ1) is 17.4. The summed E-state index contributed by atoms with van der Waals surface area (Å²) in [5, 5.41) is 0. The fourth-order valence-electron chi connectivity index (χ4n) is 2.72. The smallest absolute Gasteiger partial charge is 0.244 e. The largest absolute Gasteiger partial charge is 0.495 e. The molecule has 0 amide bonds. The molecule has 0 saturated carbocycles. The molecule has 0 aliphatic heterocycles. The molecule has 1 N–H and O–H groups in total. The summed E-state index contributed by atoms with van der Waals surface area (Å²) in [4.78, 5) is 4.50. The standard InChI is InChI=1S/C18H21N3O3S/c1-14-8-9-17(24-2)18(12-14)25(22,23)20-10-5-11-21-13-19-15-6-3-4-7-16(15)21/h3-4,6-9,12-13,20H,5,10-11H2,1-2H3. The van der Waals surface area contributed by atoms with Gasteiger partial charge in [0.1, 0.15) is 10.6 Å². The van der Waals surface area contributed by atoms with E-state index < -0.39 is 10.0 Å². The molecule has 0 unspecified atom stereocenters. The average Bonchev–Trinajstić information content (AvgIpc) is 3.02. The van der Waals surface area contributed by atoms with E-state index in [1.54, 1.807) is 18.5 Å². The van der Waals surface area contributed by atoms with E-state index in [1.807, 2.05) is 41.8 Å². The topological polar surface area (TPSA) is 73.2 Å². The van der Waals surface area contributed by atoms with Gasteiger partial charge < -0.3 is 9.30 Å². The number of hydrogen-bond donors (Lipinski definition) is 1. The van der Waals surface area contributed by atoms with Crippen molar-refractivity contribution < 1.29 is 13.2 Å². The molecule has 0 spiro atoms. The first-order valence-electron chi connectivity index (χ1n) is 8.05. The SMILES string of the molecule is COc1ccc(C)cc1S(=O)(=O)NCCCn1cnc2ccccc21. The van der Waals surface area contributed by atoms with Crippen LogP contribution in [0.5, 0.6) is 5.75 Å². The number of para-hydroxylation sites is 2. The van der Waals surface area contributed by atoms with Crippen LogP contribution >= 0.6 is 0 Å². The Morgan fingerprint density at radius 1 is 1.20 bits per heavy atom. The lowest BCUT2D eigenvalue weighted by molar-refractivity contribution is 0.402. The van der Waals surface area contributed by atoms with E-state index in [1.165, 1.54) is 7.11 Å². The van der Waals surface area contributed by atoms with Crippen LogP contribution in [0.25, 0.3) is 11.0 Å². The number of rotatable bonds is 7. The predicted octanol–water partition coefficient (Wildman–Crippen LogP) is 2.72. The number of nitrogens with zero attached hydrogens (tertiary/aromatic N) is 2. The minimum Gasteiger partial charge on any atom is -0.495 e. The number of aromatic nitrogens is 2. The minimum absolute atomic E-state index is 0.170. The van der Waals surface area contributed by atoms with Crippen LogP contribution in [0, 0.1) is 6.92 Å². The van der Waals surface area contributed by atoms with Gasteiger partial charge in [0.05, 0.1) is 24.5 Å². The highest BCUT2D eigenvalue weighted by atomic mass is 32.2. The van der Waals surface area contributed by atoms with Gasteiger partial charge in [0.25, 0.3) is 0 Å². The first-order valence-corrected chi connectivity index (χ1v) is 9.54. The van der Waals surface area contributed by atoms with Gasteiger partial charge in [0.2, 0.25) is 10.0 Å². The van der Waals surface area contributed by atoms with Crippen molar-refractivity contribution in [2.45, 2.75) is 24.8 Å². The van der Waals surface area contributed by atoms with Crippen molar-refractivity contribution in [1.82, 2.24) is 14.3 Å². The van der Waals surface area contributed by atoms with E-state index in [2.05, 4.69) is 9.71 Å². The van der Waals surface area contributed by atoms with Crippen molar-refractivity contribution in [3.63, 3.8) is 0 Å². The zero-order valence-corrected chi connectivity index (χ0v) is 15.1. The lowest BCUT2D eigenvalue weighted by Gasteiger charge is -2.11. The molecule has 0 bridgehead atoms. The third kappa shape index (κ3) is 3.83. The molecular formula is C18H21N3O3S. The maximum absolute atomic E-state index is 12.5. The quantitative estimate of drug-likeness (QED) is 0.658. The molecule has 0 saturated heterocycles. The van der Waals surface area contributed by atoms with Crippen molar-refractivity contribution in [2.24, 2.45) is 0 Å². The summed E-state index contributed by atoms with van der Waals surface area (Å²) in [5.74, 6) is 0.346. The van der Waals surface area contributed by atoms with E-state index in [-0.39, 0.29) is 4.90 Å². The number of hydrogen-bond acceptors (Lipinski definition) is 4. The van der Waals surface area contributed by atoms with Crippen molar-refractivity contribution in [3.8, 4) is 5.75 Å². The second kappa shape index (κ2) is 7.25. The normalized spacial score (nSPS) is 11.8. The molecule has 132 valence electrons. The Labute approximate surface area is 147 Å². The molecule has 25 heavy (non-hydrogen) atoms. The summed E-state index contributed by atoms with van der Waals surface area (Å²) in [5.41, 5.74) is 2.85. The number of imidazole rings is 1. The minimum atomic E-state index is -3.61. The maximum Gasteiger partial charge on any atom is 0.244 e. The Morgan fingerprint density at radius 2 is 2.00 bits per heavy atom. The number of ether oxygens (including phenoxy) is 1. The van der Waals surface area contributed by atoms with E-state index in [0.29, 0.717) is 25.3 Å². The first-order chi connectivity index (χ1) is 12.0. The summed E-state index contributed by atoms with van der Waals surface area (Å²) in [6.45, 7) is 2.88. The van der Waals surface area contributed by atoms with Crippen LogP contribution in [0.1, 0.15) is 12.0 Å². The van der Waals surface area contributed by atoms with Gasteiger partial charge in [-0.15, -0.1) is 0 Å². The summed E-state index contributed by atoms with van der Waals surface area (Å²) in [6.07, 6.45) is 2.44. The summed E-state index contributed by atoms with van der Waals surface area (Å²) >= 11 is 0. The van der Waals surface area contributed by atoms with E-state index in [4.69, 9.17) is 4.74 Å². The van der Waals surface area contributed by atoms with Crippen LogP contribution in [0.3, 0.4) is 0 Å². The predicted molar refractivity (Wildman–Crippen MR) is 97.3 cm³/mol. The second-order valence-electron chi connectivity index (χ2n) is 5.83. The lowest BCUT2D eigenvalue weighted by atomic mass is 10.2. The molecule has 0 fully saturated rings. The lowest BCUT2D eigenvalue weighted by Crippen LogP contribution is -2.26. The van der Waals surface area contributed by atoms with Gasteiger partial charge in [-0.1, -0.05) is 18.2 Å². The maximum atomic E-state index is 12.5. The molecule has 1 aromatic heterocycles. The Morgan fingerprint density at radius 3 is 2.80 bits per heavy atom. The second-order valence-corrected chi connectivity index (χ2v) is 7.57. The summed E-state index contributed by atoms with van der Waals surface area (Å²) in [6, 6.07) is 13.0. The zero-order valence-electron chi connectivity index (χ0n) is 14.3. The monoisotopic (exact) mass is 359 g/mol. The number of benzene rings is 2. The van der Waals surface area contributed by atoms with Crippen LogP contribution in [0.15, 0.2) is 53.7 Å². The molecular weight excluding hydrogens is 338 g/mol. The van der Waals surface area contributed by atoms with E-state index in [0.717, 1.165) is 16.6 Å². The van der Waals surface area contributed by atoms with Crippen LogP contribution < -0.4 is 9.46 Å². The molecule has 0 aliphatic rings. The summed E-state index contributed by atoms with van der Waals surface area (Å²) in [7, 11) is -2.14. The average molecular weight is 359 g/mol. The molecule has 7 heteroatoms. The Kier molecular flexibility index (Phi) is 5.06. The number of aryl methyl sites for hydroxylation is 2. The highest BCUT2D eigenvalue weighted by Crippen LogP contribution is 2.24.